The first-order chi connectivity index (χ1) is 14.7. The SMILES string of the molecule is C[C@H](CCNC(=O)C1CCN(c2ccc(-c3ccccc3)nn2)CC1)N1CCCC1. The maximum Gasteiger partial charge on any atom is 0.223 e. The van der Waals surface area contributed by atoms with Crippen molar-refractivity contribution in [2.24, 2.45) is 5.92 Å². The van der Waals surface area contributed by atoms with Crippen LogP contribution in [0.15, 0.2) is 42.5 Å². The molecule has 4 rings (SSSR count). The molecule has 1 aromatic heterocycles. The predicted molar refractivity (Wildman–Crippen MR) is 120 cm³/mol. The van der Waals surface area contributed by atoms with Gasteiger partial charge in [0.25, 0.3) is 0 Å². The molecule has 0 saturated carbocycles. The molecule has 0 aliphatic carbocycles. The maximum absolute atomic E-state index is 12.6. The van der Waals surface area contributed by atoms with Gasteiger partial charge in [0.1, 0.15) is 0 Å². The van der Waals surface area contributed by atoms with E-state index in [1.54, 1.807) is 0 Å². The van der Waals surface area contributed by atoms with Crippen LogP contribution in [0, 0.1) is 5.92 Å². The van der Waals surface area contributed by atoms with Gasteiger partial charge in [0.2, 0.25) is 5.91 Å². The predicted octanol–water partition coefficient (Wildman–Crippen LogP) is 3.35. The molecule has 2 fully saturated rings. The van der Waals surface area contributed by atoms with Crippen LogP contribution in [-0.2, 0) is 4.79 Å². The molecular formula is C24H33N5O. The first-order valence-corrected chi connectivity index (χ1v) is 11.4. The molecular weight excluding hydrogens is 374 g/mol. The summed E-state index contributed by atoms with van der Waals surface area (Å²) in [5, 5.41) is 12.0. The van der Waals surface area contributed by atoms with Crippen molar-refractivity contribution in [2.75, 3.05) is 37.6 Å². The van der Waals surface area contributed by atoms with Gasteiger partial charge in [-0.2, -0.15) is 0 Å². The van der Waals surface area contributed by atoms with E-state index in [9.17, 15) is 4.79 Å². The first kappa shape index (κ1) is 20.8. The topological polar surface area (TPSA) is 61.4 Å². The Morgan fingerprint density at radius 3 is 2.43 bits per heavy atom. The third kappa shape index (κ3) is 5.17. The molecule has 3 heterocycles. The molecule has 1 atom stereocenters. The summed E-state index contributed by atoms with van der Waals surface area (Å²) in [6.45, 7) is 7.18. The van der Waals surface area contributed by atoms with Crippen molar-refractivity contribution in [2.45, 2.75) is 45.1 Å². The molecule has 0 spiro atoms. The van der Waals surface area contributed by atoms with Gasteiger partial charge >= 0.3 is 0 Å². The van der Waals surface area contributed by atoms with Gasteiger partial charge in [-0.25, -0.2) is 0 Å². The highest BCUT2D eigenvalue weighted by Crippen LogP contribution is 2.23. The van der Waals surface area contributed by atoms with E-state index in [4.69, 9.17) is 0 Å². The molecule has 2 aliphatic heterocycles. The van der Waals surface area contributed by atoms with E-state index in [2.05, 4.69) is 32.2 Å². The van der Waals surface area contributed by atoms with Gasteiger partial charge < -0.3 is 15.1 Å². The number of hydrogen-bond acceptors (Lipinski definition) is 5. The average Bonchev–Trinajstić information content (AvgIpc) is 3.35. The molecule has 1 amide bonds. The lowest BCUT2D eigenvalue weighted by atomic mass is 9.96. The second kappa shape index (κ2) is 10.0. The molecule has 160 valence electrons. The molecule has 6 heteroatoms. The number of anilines is 1. The normalized spacial score (nSPS) is 19.0. The zero-order valence-electron chi connectivity index (χ0n) is 18.0. The van der Waals surface area contributed by atoms with Crippen molar-refractivity contribution in [3.05, 3.63) is 42.5 Å². The zero-order valence-corrected chi connectivity index (χ0v) is 18.0. The first-order valence-electron chi connectivity index (χ1n) is 11.4. The second-order valence-electron chi connectivity index (χ2n) is 8.58. The van der Waals surface area contributed by atoms with Crippen molar-refractivity contribution in [3.63, 3.8) is 0 Å². The average molecular weight is 408 g/mol. The van der Waals surface area contributed by atoms with Crippen molar-refractivity contribution in [1.29, 1.82) is 0 Å². The van der Waals surface area contributed by atoms with E-state index < -0.39 is 0 Å². The number of amides is 1. The lowest BCUT2D eigenvalue weighted by molar-refractivity contribution is -0.125. The monoisotopic (exact) mass is 407 g/mol. The molecule has 30 heavy (non-hydrogen) atoms. The summed E-state index contributed by atoms with van der Waals surface area (Å²) in [7, 11) is 0. The second-order valence-corrected chi connectivity index (χ2v) is 8.58. The third-order valence-electron chi connectivity index (χ3n) is 6.54. The number of nitrogens with one attached hydrogen (secondary N) is 1. The smallest absolute Gasteiger partial charge is 0.223 e. The Labute approximate surface area is 179 Å². The van der Waals surface area contributed by atoms with E-state index in [1.807, 2.05) is 42.5 Å². The quantitative estimate of drug-likeness (QED) is 0.763. The van der Waals surface area contributed by atoms with Crippen molar-refractivity contribution < 1.29 is 4.79 Å². The van der Waals surface area contributed by atoms with Crippen LogP contribution in [0.1, 0.15) is 39.0 Å². The van der Waals surface area contributed by atoms with Gasteiger partial charge in [0.05, 0.1) is 5.69 Å². The molecule has 0 unspecified atom stereocenters. The number of rotatable bonds is 7. The number of nitrogens with zero attached hydrogens (tertiary/aromatic N) is 4. The molecule has 0 radical (unpaired) electrons. The highest BCUT2D eigenvalue weighted by Gasteiger charge is 2.26. The standard InChI is InChI=1S/C24H33N5O/c1-19(28-15-5-6-16-28)11-14-25-24(30)21-12-17-29(18-13-21)23-10-9-22(26-27-23)20-7-3-2-4-8-20/h2-4,7-10,19,21H,5-6,11-18H2,1H3,(H,25,30)/t19-/m1/s1. The van der Waals surface area contributed by atoms with E-state index in [0.717, 1.165) is 56.0 Å². The minimum absolute atomic E-state index is 0.111. The van der Waals surface area contributed by atoms with Crippen molar-refractivity contribution >= 4 is 11.7 Å². The zero-order chi connectivity index (χ0) is 20.8. The Balaban J connectivity index is 1.21. The number of benzene rings is 1. The summed E-state index contributed by atoms with van der Waals surface area (Å²) in [4.78, 5) is 17.3. The summed E-state index contributed by atoms with van der Waals surface area (Å²) in [5.41, 5.74) is 1.96. The van der Waals surface area contributed by atoms with Gasteiger partial charge in [0.15, 0.2) is 5.82 Å². The van der Waals surface area contributed by atoms with Crippen LogP contribution < -0.4 is 10.2 Å². The van der Waals surface area contributed by atoms with Gasteiger partial charge in [0, 0.05) is 37.2 Å². The Morgan fingerprint density at radius 1 is 1.03 bits per heavy atom. The fourth-order valence-electron chi connectivity index (χ4n) is 4.54. The van der Waals surface area contributed by atoms with E-state index in [-0.39, 0.29) is 11.8 Å². The number of likely N-dealkylation sites (tertiary alicyclic amines) is 1. The molecule has 6 nitrogen and oxygen atoms in total. The van der Waals surface area contributed by atoms with Crippen LogP contribution in [-0.4, -0.2) is 59.8 Å². The fraction of sp³-hybridized carbons (Fsp3) is 0.542. The Bertz CT molecular complexity index is 796. The minimum Gasteiger partial charge on any atom is -0.356 e. The molecule has 1 N–H and O–H groups in total. The molecule has 1 aromatic carbocycles. The van der Waals surface area contributed by atoms with Gasteiger partial charge in [-0.3, -0.25) is 4.79 Å². The molecule has 2 saturated heterocycles. The number of carbonyl (C=O) groups excluding carboxylic acids is 1. The van der Waals surface area contributed by atoms with Crippen molar-refractivity contribution in [3.8, 4) is 11.3 Å². The maximum atomic E-state index is 12.6. The van der Waals surface area contributed by atoms with Crippen LogP contribution in [0.3, 0.4) is 0 Å². The van der Waals surface area contributed by atoms with Crippen LogP contribution in [0.2, 0.25) is 0 Å². The summed E-state index contributed by atoms with van der Waals surface area (Å²) in [5.74, 6) is 1.22. The van der Waals surface area contributed by atoms with Crippen LogP contribution in [0.25, 0.3) is 11.3 Å². The minimum atomic E-state index is 0.111. The summed E-state index contributed by atoms with van der Waals surface area (Å²) >= 11 is 0. The fourth-order valence-corrected chi connectivity index (χ4v) is 4.54. The largest absolute Gasteiger partial charge is 0.356 e. The number of aromatic nitrogens is 2. The van der Waals surface area contributed by atoms with Gasteiger partial charge in [-0.15, -0.1) is 10.2 Å². The summed E-state index contributed by atoms with van der Waals surface area (Å²) in [6, 6.07) is 14.7. The lowest BCUT2D eigenvalue weighted by Crippen LogP contribution is -2.42. The Kier molecular flexibility index (Phi) is 6.95. The van der Waals surface area contributed by atoms with Crippen LogP contribution in [0.5, 0.6) is 0 Å². The van der Waals surface area contributed by atoms with Crippen molar-refractivity contribution in [1.82, 2.24) is 20.4 Å². The lowest BCUT2D eigenvalue weighted by Gasteiger charge is -2.32. The molecule has 2 aliphatic rings. The van der Waals surface area contributed by atoms with Crippen LogP contribution >= 0.6 is 0 Å². The van der Waals surface area contributed by atoms with Gasteiger partial charge in [-0.1, -0.05) is 30.3 Å². The molecule has 0 bridgehead atoms. The van der Waals surface area contributed by atoms with E-state index >= 15 is 0 Å². The highest BCUT2D eigenvalue weighted by molar-refractivity contribution is 5.79. The highest BCUT2D eigenvalue weighted by atomic mass is 16.1. The summed E-state index contributed by atoms with van der Waals surface area (Å²) < 4.78 is 0. The molecule has 2 aromatic rings. The summed E-state index contributed by atoms with van der Waals surface area (Å²) in [6.07, 6.45) is 5.41. The Hall–Kier alpha value is -2.47. The van der Waals surface area contributed by atoms with E-state index in [1.165, 1.54) is 25.9 Å². The van der Waals surface area contributed by atoms with E-state index in [0.29, 0.717) is 6.04 Å². The van der Waals surface area contributed by atoms with Gasteiger partial charge in [-0.05, 0) is 64.3 Å². The van der Waals surface area contributed by atoms with Crippen LogP contribution in [0.4, 0.5) is 5.82 Å². The third-order valence-corrected chi connectivity index (χ3v) is 6.54. The number of piperidine rings is 1. The number of hydrogen-bond donors (Lipinski definition) is 1. The number of carbonyl (C=O) groups is 1. The Morgan fingerprint density at radius 2 is 1.77 bits per heavy atom.